The highest BCUT2D eigenvalue weighted by Gasteiger charge is 2.60. The predicted molar refractivity (Wildman–Crippen MR) is 68.1 cm³/mol. The maximum Gasteiger partial charge on any atom is 0.330 e. The molecule has 4 bridgehead atoms. The van der Waals surface area contributed by atoms with Crippen molar-refractivity contribution in [2.45, 2.75) is 58.0 Å². The summed E-state index contributed by atoms with van der Waals surface area (Å²) in [6.45, 7) is 3.94. The lowest BCUT2D eigenvalue weighted by Crippen LogP contribution is -2.58. The molecule has 4 aliphatic rings. The van der Waals surface area contributed by atoms with E-state index in [4.69, 9.17) is 5.11 Å². The molecule has 4 saturated carbocycles. The van der Waals surface area contributed by atoms with Gasteiger partial charge in [-0.1, -0.05) is 13.0 Å². The summed E-state index contributed by atoms with van der Waals surface area (Å²) < 4.78 is 0. The van der Waals surface area contributed by atoms with E-state index in [2.05, 4.69) is 6.92 Å². The number of aliphatic carboxylic acids is 1. The molecular formula is C15H22O3. The van der Waals surface area contributed by atoms with Gasteiger partial charge in [-0.15, -0.1) is 0 Å². The number of hydrogen-bond acceptors (Lipinski definition) is 2. The van der Waals surface area contributed by atoms with Gasteiger partial charge in [-0.3, -0.25) is 0 Å². The molecule has 0 aromatic heterocycles. The van der Waals surface area contributed by atoms with E-state index in [-0.39, 0.29) is 10.8 Å². The van der Waals surface area contributed by atoms with E-state index in [1.54, 1.807) is 6.92 Å². The highest BCUT2D eigenvalue weighted by molar-refractivity contribution is 5.85. The van der Waals surface area contributed by atoms with Crippen molar-refractivity contribution >= 4 is 5.97 Å². The highest BCUT2D eigenvalue weighted by Crippen LogP contribution is 2.67. The number of hydrogen-bond donors (Lipinski definition) is 2. The Morgan fingerprint density at radius 1 is 1.22 bits per heavy atom. The van der Waals surface area contributed by atoms with Crippen molar-refractivity contribution in [1.29, 1.82) is 0 Å². The zero-order chi connectivity index (χ0) is 13.2. The van der Waals surface area contributed by atoms with Crippen LogP contribution in [-0.4, -0.2) is 21.8 Å². The number of rotatable bonds is 2. The smallest absolute Gasteiger partial charge is 0.330 e. The molecule has 0 saturated heterocycles. The van der Waals surface area contributed by atoms with Crippen LogP contribution in [0.5, 0.6) is 0 Å². The lowest BCUT2D eigenvalue weighted by atomic mass is 9.43. The summed E-state index contributed by atoms with van der Waals surface area (Å²) in [5.74, 6) is -0.253. The zero-order valence-corrected chi connectivity index (χ0v) is 11.2. The van der Waals surface area contributed by atoms with E-state index in [1.165, 1.54) is 6.42 Å². The molecule has 4 fully saturated rings. The topological polar surface area (TPSA) is 57.5 Å². The van der Waals surface area contributed by atoms with Gasteiger partial charge in [-0.2, -0.15) is 0 Å². The van der Waals surface area contributed by atoms with Gasteiger partial charge in [0.15, 0.2) is 0 Å². The van der Waals surface area contributed by atoms with Crippen LogP contribution in [0.4, 0.5) is 0 Å². The summed E-state index contributed by atoms with van der Waals surface area (Å²) in [4.78, 5) is 11.1. The number of carboxylic acid groups (broad SMARTS) is 1. The Labute approximate surface area is 108 Å². The predicted octanol–water partition coefficient (Wildman–Crippen LogP) is 2.74. The Morgan fingerprint density at radius 2 is 1.94 bits per heavy atom. The zero-order valence-electron chi connectivity index (χ0n) is 11.2. The Kier molecular flexibility index (Phi) is 2.30. The number of aliphatic hydroxyl groups is 1. The first-order valence-electron chi connectivity index (χ1n) is 6.89. The van der Waals surface area contributed by atoms with Crippen LogP contribution in [0.2, 0.25) is 0 Å². The van der Waals surface area contributed by atoms with Crippen LogP contribution in [0.1, 0.15) is 52.4 Å². The molecule has 3 nitrogen and oxygen atoms in total. The molecule has 0 aromatic carbocycles. The molecule has 4 aliphatic carbocycles. The molecule has 0 heterocycles. The van der Waals surface area contributed by atoms with Crippen molar-refractivity contribution in [3.63, 3.8) is 0 Å². The Bertz CT molecular complexity index is 419. The van der Waals surface area contributed by atoms with Gasteiger partial charge in [0, 0.05) is 5.57 Å². The van der Waals surface area contributed by atoms with E-state index >= 15 is 0 Å². The first-order valence-corrected chi connectivity index (χ1v) is 6.89. The minimum atomic E-state index is -0.831. The summed E-state index contributed by atoms with van der Waals surface area (Å²) in [5, 5.41) is 19.8. The second-order valence-electron chi connectivity index (χ2n) is 7.54. The highest BCUT2D eigenvalue weighted by atomic mass is 16.4. The van der Waals surface area contributed by atoms with Crippen LogP contribution in [0.25, 0.3) is 0 Å². The van der Waals surface area contributed by atoms with Crippen LogP contribution < -0.4 is 0 Å². The van der Waals surface area contributed by atoms with Gasteiger partial charge in [0.2, 0.25) is 0 Å². The van der Waals surface area contributed by atoms with E-state index < -0.39 is 11.6 Å². The molecular weight excluding hydrogens is 228 g/mol. The third-order valence-electron chi connectivity index (χ3n) is 5.22. The van der Waals surface area contributed by atoms with Crippen molar-refractivity contribution in [3.8, 4) is 0 Å². The van der Waals surface area contributed by atoms with Crippen molar-refractivity contribution in [2.24, 2.45) is 16.7 Å². The average molecular weight is 250 g/mol. The van der Waals surface area contributed by atoms with Crippen LogP contribution in [-0.2, 0) is 4.79 Å². The molecule has 0 aromatic rings. The van der Waals surface area contributed by atoms with Crippen molar-refractivity contribution in [3.05, 3.63) is 11.6 Å². The van der Waals surface area contributed by atoms with Crippen LogP contribution >= 0.6 is 0 Å². The minimum Gasteiger partial charge on any atom is -0.478 e. The quantitative estimate of drug-likeness (QED) is 0.741. The molecule has 4 atom stereocenters. The largest absolute Gasteiger partial charge is 0.478 e. The minimum absolute atomic E-state index is 0.0641. The Hall–Kier alpha value is -0.830. The van der Waals surface area contributed by atoms with E-state index in [9.17, 15) is 9.90 Å². The third kappa shape index (κ3) is 1.80. The first kappa shape index (κ1) is 12.2. The molecule has 100 valence electrons. The van der Waals surface area contributed by atoms with E-state index in [0.717, 1.165) is 32.1 Å². The summed E-state index contributed by atoms with van der Waals surface area (Å²) in [5.41, 5.74) is 0.0438. The average Bonchev–Trinajstić information content (AvgIpc) is 2.09. The fourth-order valence-electron chi connectivity index (χ4n) is 5.63. The number of carbonyl (C=O) groups is 1. The summed E-state index contributed by atoms with van der Waals surface area (Å²) in [7, 11) is 0. The monoisotopic (exact) mass is 250 g/mol. The van der Waals surface area contributed by atoms with Crippen molar-refractivity contribution in [2.75, 3.05) is 0 Å². The Morgan fingerprint density at radius 3 is 2.50 bits per heavy atom. The standard InChI is InChI=1S/C15H22O3/c1-10(12(16)17)3-14-5-11-4-13(2,7-14)8-15(18,6-11)9-14/h3,11,18H,4-9H2,1-2H3,(H,16,17). The van der Waals surface area contributed by atoms with Gasteiger partial charge in [-0.05, 0) is 62.2 Å². The van der Waals surface area contributed by atoms with Gasteiger partial charge in [0.05, 0.1) is 5.60 Å². The van der Waals surface area contributed by atoms with Gasteiger partial charge >= 0.3 is 5.97 Å². The molecule has 0 amide bonds. The lowest BCUT2D eigenvalue weighted by Gasteiger charge is -2.63. The molecule has 4 unspecified atom stereocenters. The van der Waals surface area contributed by atoms with Crippen LogP contribution in [0, 0.1) is 16.7 Å². The summed E-state index contributed by atoms with van der Waals surface area (Å²) >= 11 is 0. The fourth-order valence-corrected chi connectivity index (χ4v) is 5.63. The van der Waals surface area contributed by atoms with E-state index in [1.807, 2.05) is 6.08 Å². The van der Waals surface area contributed by atoms with Gasteiger partial charge in [-0.25, -0.2) is 4.79 Å². The molecule has 0 aliphatic heterocycles. The normalized spacial score (nSPS) is 50.6. The third-order valence-corrected chi connectivity index (χ3v) is 5.22. The second-order valence-corrected chi connectivity index (χ2v) is 7.54. The van der Waals surface area contributed by atoms with Crippen LogP contribution in [0.15, 0.2) is 11.6 Å². The number of carboxylic acids is 1. The summed E-state index contributed by atoms with van der Waals surface area (Å²) in [6.07, 6.45) is 7.85. The first-order chi connectivity index (χ1) is 8.23. The molecule has 0 radical (unpaired) electrons. The molecule has 3 heteroatoms. The second kappa shape index (κ2) is 3.38. The molecule has 4 rings (SSSR count). The molecule has 2 N–H and O–H groups in total. The van der Waals surface area contributed by atoms with Crippen molar-refractivity contribution < 1.29 is 15.0 Å². The number of allylic oxidation sites excluding steroid dienone is 1. The van der Waals surface area contributed by atoms with Crippen molar-refractivity contribution in [1.82, 2.24) is 0 Å². The fraction of sp³-hybridized carbons (Fsp3) is 0.800. The summed E-state index contributed by atoms with van der Waals surface area (Å²) in [6, 6.07) is 0. The maximum absolute atomic E-state index is 11.1. The van der Waals surface area contributed by atoms with E-state index in [0.29, 0.717) is 11.5 Å². The Balaban J connectivity index is 1.99. The molecule has 18 heavy (non-hydrogen) atoms. The van der Waals surface area contributed by atoms with Gasteiger partial charge < -0.3 is 10.2 Å². The SMILES string of the molecule is CC(=CC12CC3CC(C)(CC(O)(C3)C1)C2)C(=O)O. The maximum atomic E-state index is 11.1. The van der Waals surface area contributed by atoms with Crippen LogP contribution in [0.3, 0.4) is 0 Å². The molecule has 0 spiro atoms. The van der Waals surface area contributed by atoms with Gasteiger partial charge in [0.1, 0.15) is 0 Å². The van der Waals surface area contributed by atoms with Gasteiger partial charge in [0.25, 0.3) is 0 Å². The lowest BCUT2D eigenvalue weighted by molar-refractivity contribution is -0.180.